The van der Waals surface area contributed by atoms with Crippen LogP contribution in [0.5, 0.6) is 0 Å². The molecule has 0 saturated carbocycles. The van der Waals surface area contributed by atoms with E-state index in [1.807, 2.05) is 6.92 Å². The summed E-state index contributed by atoms with van der Waals surface area (Å²) in [4.78, 5) is 11.3. The van der Waals surface area contributed by atoms with Crippen LogP contribution in [0.1, 0.15) is 51.9 Å². The van der Waals surface area contributed by atoms with Crippen LogP contribution >= 0.6 is 0 Å². The average molecular weight is 233 g/mol. The van der Waals surface area contributed by atoms with Crippen molar-refractivity contribution in [3.05, 3.63) is 0 Å². The number of halogens is 1. The highest BCUT2D eigenvalue weighted by Crippen LogP contribution is 2.01. The van der Waals surface area contributed by atoms with E-state index in [0.29, 0.717) is 19.4 Å². The van der Waals surface area contributed by atoms with Crippen molar-refractivity contribution in [3.8, 4) is 0 Å². The standard InChI is InChI=1S/C12H24FNO2/c1-2-11(15)7-6-10-14-12(16)8-4-3-5-9-13/h11,15H,2-10H2,1H3,(H,14,16). The van der Waals surface area contributed by atoms with Gasteiger partial charge >= 0.3 is 0 Å². The first-order chi connectivity index (χ1) is 7.70. The Labute approximate surface area is 97.4 Å². The van der Waals surface area contributed by atoms with Gasteiger partial charge < -0.3 is 10.4 Å². The molecular formula is C12H24FNO2. The molecule has 16 heavy (non-hydrogen) atoms. The Morgan fingerprint density at radius 2 is 2.06 bits per heavy atom. The maximum absolute atomic E-state index is 11.8. The van der Waals surface area contributed by atoms with Crippen molar-refractivity contribution in [2.75, 3.05) is 13.2 Å². The van der Waals surface area contributed by atoms with Crippen molar-refractivity contribution in [3.63, 3.8) is 0 Å². The molecule has 0 heterocycles. The molecule has 3 nitrogen and oxygen atoms in total. The summed E-state index contributed by atoms with van der Waals surface area (Å²) < 4.78 is 11.8. The van der Waals surface area contributed by atoms with Gasteiger partial charge in [0.25, 0.3) is 0 Å². The molecule has 0 aromatic rings. The summed E-state index contributed by atoms with van der Waals surface area (Å²) in [5, 5.41) is 12.1. The van der Waals surface area contributed by atoms with E-state index in [4.69, 9.17) is 0 Å². The molecule has 0 bridgehead atoms. The first-order valence-electron chi connectivity index (χ1n) is 6.21. The largest absolute Gasteiger partial charge is 0.393 e. The van der Waals surface area contributed by atoms with Crippen LogP contribution in [0.25, 0.3) is 0 Å². The Bertz CT molecular complexity index is 176. The van der Waals surface area contributed by atoms with Gasteiger partial charge in [0.2, 0.25) is 5.91 Å². The Morgan fingerprint density at radius 3 is 2.69 bits per heavy atom. The second-order valence-corrected chi connectivity index (χ2v) is 4.05. The Balaban J connectivity index is 3.24. The third kappa shape index (κ3) is 9.90. The van der Waals surface area contributed by atoms with Gasteiger partial charge in [0.15, 0.2) is 0 Å². The van der Waals surface area contributed by atoms with Crippen molar-refractivity contribution in [1.82, 2.24) is 5.32 Å². The minimum Gasteiger partial charge on any atom is -0.393 e. The average Bonchev–Trinajstić information content (AvgIpc) is 2.30. The molecule has 4 heteroatoms. The van der Waals surface area contributed by atoms with E-state index in [9.17, 15) is 14.3 Å². The number of carbonyl (C=O) groups is 1. The van der Waals surface area contributed by atoms with E-state index in [1.54, 1.807) is 0 Å². The first-order valence-corrected chi connectivity index (χ1v) is 6.21. The summed E-state index contributed by atoms with van der Waals surface area (Å²) in [6, 6.07) is 0. The lowest BCUT2D eigenvalue weighted by Gasteiger charge is -2.08. The SMILES string of the molecule is CCC(O)CCCNC(=O)CCCCCF. The lowest BCUT2D eigenvalue weighted by atomic mass is 10.1. The van der Waals surface area contributed by atoms with Gasteiger partial charge in [-0.2, -0.15) is 0 Å². The molecule has 1 unspecified atom stereocenters. The van der Waals surface area contributed by atoms with Crippen LogP contribution in [0, 0.1) is 0 Å². The zero-order valence-corrected chi connectivity index (χ0v) is 10.2. The smallest absolute Gasteiger partial charge is 0.219 e. The first kappa shape index (κ1) is 15.4. The molecule has 0 aliphatic rings. The lowest BCUT2D eigenvalue weighted by molar-refractivity contribution is -0.121. The molecule has 0 radical (unpaired) electrons. The summed E-state index contributed by atoms with van der Waals surface area (Å²) in [5.41, 5.74) is 0. The van der Waals surface area contributed by atoms with E-state index in [-0.39, 0.29) is 18.7 Å². The van der Waals surface area contributed by atoms with Crippen molar-refractivity contribution in [2.45, 2.75) is 58.0 Å². The maximum atomic E-state index is 11.8. The summed E-state index contributed by atoms with van der Waals surface area (Å²) in [6.45, 7) is 2.27. The van der Waals surface area contributed by atoms with Gasteiger partial charge in [-0.1, -0.05) is 13.3 Å². The Hall–Kier alpha value is -0.640. The van der Waals surface area contributed by atoms with Crippen molar-refractivity contribution in [2.24, 2.45) is 0 Å². The molecule has 0 rings (SSSR count). The van der Waals surface area contributed by atoms with Gasteiger partial charge in [0.1, 0.15) is 0 Å². The van der Waals surface area contributed by atoms with Crippen LogP contribution in [0.4, 0.5) is 4.39 Å². The van der Waals surface area contributed by atoms with E-state index < -0.39 is 0 Å². The lowest BCUT2D eigenvalue weighted by Crippen LogP contribution is -2.24. The topological polar surface area (TPSA) is 49.3 Å². The molecule has 2 N–H and O–H groups in total. The highest BCUT2D eigenvalue weighted by atomic mass is 19.1. The fourth-order valence-corrected chi connectivity index (χ4v) is 1.41. The number of alkyl halides is 1. The zero-order valence-electron chi connectivity index (χ0n) is 10.2. The van der Waals surface area contributed by atoms with Crippen LogP contribution in [-0.2, 0) is 4.79 Å². The predicted molar refractivity (Wildman–Crippen MR) is 63.0 cm³/mol. The van der Waals surface area contributed by atoms with Crippen LogP contribution in [0.3, 0.4) is 0 Å². The molecule has 1 amide bonds. The van der Waals surface area contributed by atoms with Crippen LogP contribution in [-0.4, -0.2) is 30.3 Å². The van der Waals surface area contributed by atoms with Crippen molar-refractivity contribution >= 4 is 5.91 Å². The van der Waals surface area contributed by atoms with Crippen LogP contribution in [0.15, 0.2) is 0 Å². The Morgan fingerprint density at radius 1 is 1.31 bits per heavy atom. The predicted octanol–water partition coefficient (Wildman–Crippen LogP) is 2.18. The summed E-state index contributed by atoms with van der Waals surface area (Å²) >= 11 is 0. The number of hydrogen-bond acceptors (Lipinski definition) is 2. The van der Waals surface area contributed by atoms with Gasteiger partial charge in [0, 0.05) is 13.0 Å². The van der Waals surface area contributed by atoms with Crippen LogP contribution < -0.4 is 5.32 Å². The normalized spacial score (nSPS) is 12.4. The molecule has 1 atom stereocenters. The van der Waals surface area contributed by atoms with Crippen molar-refractivity contribution < 1.29 is 14.3 Å². The highest BCUT2D eigenvalue weighted by molar-refractivity contribution is 5.75. The number of amides is 1. The summed E-state index contributed by atoms with van der Waals surface area (Å²) in [5.74, 6) is 0.0323. The third-order valence-corrected chi connectivity index (χ3v) is 2.55. The summed E-state index contributed by atoms with van der Waals surface area (Å²) in [6.07, 6.45) is 4.63. The van der Waals surface area contributed by atoms with Gasteiger partial charge in [-0.25, -0.2) is 0 Å². The number of aliphatic hydroxyl groups is 1. The van der Waals surface area contributed by atoms with E-state index in [1.165, 1.54) is 0 Å². The minimum absolute atomic E-state index is 0.0323. The van der Waals surface area contributed by atoms with E-state index in [0.717, 1.165) is 32.1 Å². The quantitative estimate of drug-likeness (QED) is 0.568. The fraction of sp³-hybridized carbons (Fsp3) is 0.917. The minimum atomic E-state index is -0.295. The number of carbonyl (C=O) groups excluding carboxylic acids is 1. The molecule has 0 fully saturated rings. The monoisotopic (exact) mass is 233 g/mol. The number of nitrogens with one attached hydrogen (secondary N) is 1. The number of hydrogen-bond donors (Lipinski definition) is 2. The number of rotatable bonds is 10. The second-order valence-electron chi connectivity index (χ2n) is 4.05. The molecule has 96 valence electrons. The molecular weight excluding hydrogens is 209 g/mol. The molecule has 0 aliphatic carbocycles. The molecule has 0 aromatic carbocycles. The number of unbranched alkanes of at least 4 members (excludes halogenated alkanes) is 2. The highest BCUT2D eigenvalue weighted by Gasteiger charge is 2.02. The molecule has 0 aliphatic heterocycles. The molecule has 0 spiro atoms. The third-order valence-electron chi connectivity index (χ3n) is 2.55. The second kappa shape index (κ2) is 10.9. The van der Waals surface area contributed by atoms with Gasteiger partial charge in [-0.15, -0.1) is 0 Å². The summed E-state index contributed by atoms with van der Waals surface area (Å²) in [7, 11) is 0. The Kier molecular flexibility index (Phi) is 10.4. The van der Waals surface area contributed by atoms with E-state index >= 15 is 0 Å². The van der Waals surface area contributed by atoms with Crippen molar-refractivity contribution in [1.29, 1.82) is 0 Å². The zero-order chi connectivity index (χ0) is 12.2. The maximum Gasteiger partial charge on any atom is 0.219 e. The van der Waals surface area contributed by atoms with Gasteiger partial charge in [-0.3, -0.25) is 9.18 Å². The fourth-order valence-electron chi connectivity index (χ4n) is 1.41. The number of aliphatic hydroxyl groups excluding tert-OH is 1. The van der Waals surface area contributed by atoms with Gasteiger partial charge in [-0.05, 0) is 32.1 Å². The van der Waals surface area contributed by atoms with E-state index in [2.05, 4.69) is 5.32 Å². The molecule has 0 saturated heterocycles. The molecule has 0 aromatic heterocycles. The van der Waals surface area contributed by atoms with Gasteiger partial charge in [0.05, 0.1) is 12.8 Å². The van der Waals surface area contributed by atoms with Crippen LogP contribution in [0.2, 0.25) is 0 Å².